The van der Waals surface area contributed by atoms with Gasteiger partial charge < -0.3 is 5.32 Å². The van der Waals surface area contributed by atoms with Gasteiger partial charge in [-0.25, -0.2) is 4.98 Å². The number of aromatic nitrogens is 3. The highest BCUT2D eigenvalue weighted by Crippen LogP contribution is 2.29. The van der Waals surface area contributed by atoms with Gasteiger partial charge in [-0.1, -0.05) is 24.4 Å². The Morgan fingerprint density at radius 3 is 2.91 bits per heavy atom. The van der Waals surface area contributed by atoms with Crippen LogP contribution in [0.2, 0.25) is 5.02 Å². The molecule has 7 nitrogen and oxygen atoms in total. The zero-order valence-electron chi connectivity index (χ0n) is 11.9. The topological polar surface area (TPSA) is 85.9 Å². The number of nitrogens with zero attached hydrogens (tertiary/aromatic N) is 4. The summed E-state index contributed by atoms with van der Waals surface area (Å²) in [4.78, 5) is 14.1. The fraction of sp³-hybridized carbons (Fsp3) is 0.429. The molecule has 0 unspecified atom stereocenters. The normalized spacial score (nSPS) is 15.1. The van der Waals surface area contributed by atoms with Crippen LogP contribution in [0.1, 0.15) is 37.4 Å². The molecule has 8 heteroatoms. The van der Waals surface area contributed by atoms with Crippen molar-refractivity contribution in [3.63, 3.8) is 0 Å². The second kappa shape index (κ2) is 6.31. The van der Waals surface area contributed by atoms with E-state index in [-0.39, 0.29) is 10.7 Å². The third kappa shape index (κ3) is 3.19. The van der Waals surface area contributed by atoms with E-state index < -0.39 is 4.92 Å². The van der Waals surface area contributed by atoms with Crippen molar-refractivity contribution in [1.82, 2.24) is 14.8 Å². The summed E-state index contributed by atoms with van der Waals surface area (Å²) in [5.41, 5.74) is 0.768. The second-order valence-electron chi connectivity index (χ2n) is 5.36. The molecule has 0 amide bonds. The molecule has 1 aliphatic rings. The highest BCUT2D eigenvalue weighted by Gasteiger charge is 2.17. The molecule has 1 fully saturated rings. The number of hydrogen-bond donors (Lipinski definition) is 1. The number of nitrogens with one attached hydrogen (secondary N) is 1. The van der Waals surface area contributed by atoms with Gasteiger partial charge in [-0.2, -0.15) is 5.10 Å². The van der Waals surface area contributed by atoms with E-state index >= 15 is 0 Å². The quantitative estimate of drug-likeness (QED) is 0.672. The molecule has 0 bridgehead atoms. The van der Waals surface area contributed by atoms with E-state index in [2.05, 4.69) is 15.4 Å². The van der Waals surface area contributed by atoms with E-state index in [1.54, 1.807) is 0 Å². The maximum absolute atomic E-state index is 10.6. The molecule has 3 rings (SSSR count). The summed E-state index contributed by atoms with van der Waals surface area (Å²) in [6.45, 7) is 0.476. The van der Waals surface area contributed by atoms with Gasteiger partial charge in [0.2, 0.25) is 0 Å². The van der Waals surface area contributed by atoms with E-state index in [4.69, 9.17) is 11.6 Å². The highest BCUT2D eigenvalue weighted by molar-refractivity contribution is 6.33. The first kappa shape index (κ1) is 14.8. The molecule has 0 atom stereocenters. The van der Waals surface area contributed by atoms with Crippen LogP contribution in [0.25, 0.3) is 0 Å². The van der Waals surface area contributed by atoms with E-state index in [0.717, 1.165) is 5.69 Å². The van der Waals surface area contributed by atoms with Crippen LogP contribution in [0, 0.1) is 10.1 Å². The zero-order valence-corrected chi connectivity index (χ0v) is 12.7. The molecule has 2 aromatic rings. The Morgan fingerprint density at radius 1 is 1.45 bits per heavy atom. The summed E-state index contributed by atoms with van der Waals surface area (Å²) in [6, 6.07) is 3.76. The van der Waals surface area contributed by atoms with Crippen molar-refractivity contribution in [3.8, 4) is 0 Å². The van der Waals surface area contributed by atoms with E-state index in [1.165, 1.54) is 37.9 Å². The van der Waals surface area contributed by atoms with Gasteiger partial charge >= 0.3 is 0 Å². The van der Waals surface area contributed by atoms with Gasteiger partial charge in [-0.3, -0.25) is 14.8 Å². The van der Waals surface area contributed by atoms with E-state index in [9.17, 15) is 10.1 Å². The van der Waals surface area contributed by atoms with Gasteiger partial charge in [-0.05, 0) is 18.9 Å². The number of pyridine rings is 1. The third-order valence-corrected chi connectivity index (χ3v) is 4.13. The summed E-state index contributed by atoms with van der Waals surface area (Å²) < 4.78 is 2.02. The Hall–Kier alpha value is -2.15. The van der Waals surface area contributed by atoms with Gasteiger partial charge in [0.05, 0.1) is 28.2 Å². The summed E-state index contributed by atoms with van der Waals surface area (Å²) in [7, 11) is 0. The smallest absolute Gasteiger partial charge is 0.289 e. The van der Waals surface area contributed by atoms with Gasteiger partial charge in [0.15, 0.2) is 0 Å². The fourth-order valence-electron chi connectivity index (χ4n) is 2.68. The van der Waals surface area contributed by atoms with Gasteiger partial charge in [0.25, 0.3) is 5.69 Å². The maximum atomic E-state index is 10.6. The molecular weight excluding hydrogens is 306 g/mol. The molecule has 22 heavy (non-hydrogen) atoms. The second-order valence-corrected chi connectivity index (χ2v) is 5.77. The summed E-state index contributed by atoms with van der Waals surface area (Å²) in [5, 5.41) is 18.5. The molecule has 0 aromatic carbocycles. The lowest BCUT2D eigenvalue weighted by Gasteiger charge is -2.09. The first-order valence-corrected chi connectivity index (χ1v) is 7.59. The van der Waals surface area contributed by atoms with Crippen LogP contribution in [0.4, 0.5) is 11.5 Å². The van der Waals surface area contributed by atoms with Gasteiger partial charge in [0, 0.05) is 12.3 Å². The highest BCUT2D eigenvalue weighted by atomic mass is 35.5. The Labute approximate surface area is 132 Å². The molecule has 0 spiro atoms. The van der Waals surface area contributed by atoms with Gasteiger partial charge in [0.1, 0.15) is 12.0 Å². The van der Waals surface area contributed by atoms with Gasteiger partial charge in [-0.15, -0.1) is 0 Å². The van der Waals surface area contributed by atoms with Crippen molar-refractivity contribution in [2.45, 2.75) is 38.3 Å². The predicted octanol–water partition coefficient (Wildman–Crippen LogP) is 3.57. The number of hydrogen-bond acceptors (Lipinski definition) is 5. The molecular formula is C14H16ClN5O2. The molecule has 116 valence electrons. The lowest BCUT2D eigenvalue weighted by atomic mass is 10.3. The van der Waals surface area contributed by atoms with Crippen molar-refractivity contribution in [2.24, 2.45) is 0 Å². The van der Waals surface area contributed by atoms with Crippen LogP contribution in [0.15, 0.2) is 24.5 Å². The number of rotatable bonds is 5. The van der Waals surface area contributed by atoms with Crippen LogP contribution < -0.4 is 5.32 Å². The Balaban J connectivity index is 1.64. The maximum Gasteiger partial charge on any atom is 0.289 e. The third-order valence-electron chi connectivity index (χ3n) is 3.84. The van der Waals surface area contributed by atoms with Crippen molar-refractivity contribution in [1.29, 1.82) is 0 Å². The monoisotopic (exact) mass is 321 g/mol. The van der Waals surface area contributed by atoms with Crippen LogP contribution >= 0.6 is 11.6 Å². The minimum atomic E-state index is -0.522. The molecule has 0 aliphatic heterocycles. The van der Waals surface area contributed by atoms with Crippen LogP contribution in [0.3, 0.4) is 0 Å². The Kier molecular flexibility index (Phi) is 4.24. The standard InChI is InChI=1S/C14H16ClN5O2/c15-13-7-12(20(21)22)9-17-14(13)16-8-10-5-6-19(18-10)11-3-1-2-4-11/h5-7,9,11H,1-4,8H2,(H,16,17). The van der Waals surface area contributed by atoms with E-state index in [0.29, 0.717) is 18.4 Å². The largest absolute Gasteiger partial charge is 0.363 e. The van der Waals surface area contributed by atoms with Crippen molar-refractivity contribution in [2.75, 3.05) is 5.32 Å². The van der Waals surface area contributed by atoms with Crippen molar-refractivity contribution in [3.05, 3.63) is 45.4 Å². The molecule has 1 N–H and O–H groups in total. The number of halogens is 1. The van der Waals surface area contributed by atoms with Crippen molar-refractivity contribution >= 4 is 23.1 Å². The average molecular weight is 322 g/mol. The van der Waals surface area contributed by atoms with Crippen molar-refractivity contribution < 1.29 is 4.92 Å². The SMILES string of the molecule is O=[N+]([O-])c1cnc(NCc2ccn(C3CCCC3)n2)c(Cl)c1. The van der Waals surface area contributed by atoms with Crippen LogP contribution in [0.5, 0.6) is 0 Å². The molecule has 0 radical (unpaired) electrons. The first-order valence-electron chi connectivity index (χ1n) is 7.21. The zero-order chi connectivity index (χ0) is 15.5. The molecule has 1 saturated carbocycles. The Morgan fingerprint density at radius 2 is 2.23 bits per heavy atom. The molecule has 2 heterocycles. The minimum Gasteiger partial charge on any atom is -0.363 e. The van der Waals surface area contributed by atoms with Crippen LogP contribution in [-0.4, -0.2) is 19.7 Å². The fourth-order valence-corrected chi connectivity index (χ4v) is 2.90. The predicted molar refractivity (Wildman–Crippen MR) is 83.0 cm³/mol. The summed E-state index contributed by atoms with van der Waals surface area (Å²) in [5.74, 6) is 0.419. The number of anilines is 1. The first-order chi connectivity index (χ1) is 10.6. The lowest BCUT2D eigenvalue weighted by Crippen LogP contribution is -2.07. The molecule has 0 saturated heterocycles. The number of nitro groups is 1. The minimum absolute atomic E-state index is 0.124. The van der Waals surface area contributed by atoms with Crippen LogP contribution in [-0.2, 0) is 6.54 Å². The van der Waals surface area contributed by atoms with E-state index in [1.807, 2.05) is 16.9 Å². The molecule has 2 aromatic heterocycles. The average Bonchev–Trinajstić information content (AvgIpc) is 3.16. The molecule has 1 aliphatic carbocycles. The lowest BCUT2D eigenvalue weighted by molar-refractivity contribution is -0.385. The summed E-state index contributed by atoms with van der Waals surface area (Å²) >= 11 is 5.99. The Bertz CT molecular complexity index is 682. The summed E-state index contributed by atoms with van der Waals surface area (Å²) in [6.07, 6.45) is 8.08.